The van der Waals surface area contributed by atoms with Crippen molar-refractivity contribution >= 4 is 17.8 Å². The number of urea groups is 1. The maximum Gasteiger partial charge on any atom is 0.324 e. The number of imide groups is 1. The van der Waals surface area contributed by atoms with Gasteiger partial charge in [-0.1, -0.05) is 12.1 Å². The van der Waals surface area contributed by atoms with Crippen molar-refractivity contribution in [3.63, 3.8) is 0 Å². The molecule has 4 amide bonds. The summed E-state index contributed by atoms with van der Waals surface area (Å²) in [5.41, 5.74) is 1.61. The Morgan fingerprint density at radius 2 is 1.97 bits per heavy atom. The van der Waals surface area contributed by atoms with Gasteiger partial charge < -0.3 is 20.1 Å². The van der Waals surface area contributed by atoms with Crippen LogP contribution in [0.5, 0.6) is 11.5 Å². The number of methoxy groups -OCH3 is 2. The molecule has 1 aromatic heterocycles. The molecule has 30 heavy (non-hydrogen) atoms. The summed E-state index contributed by atoms with van der Waals surface area (Å²) in [4.78, 5) is 42.2. The molecule has 1 aliphatic heterocycles. The summed E-state index contributed by atoms with van der Waals surface area (Å²) < 4.78 is 10.5. The summed E-state index contributed by atoms with van der Waals surface area (Å²) in [7, 11) is 3.10. The highest BCUT2D eigenvalue weighted by atomic mass is 16.5. The first-order valence-electron chi connectivity index (χ1n) is 9.51. The van der Waals surface area contributed by atoms with Gasteiger partial charge in [-0.3, -0.25) is 19.5 Å². The van der Waals surface area contributed by atoms with Gasteiger partial charge in [0, 0.05) is 12.7 Å². The van der Waals surface area contributed by atoms with E-state index in [1.165, 1.54) is 0 Å². The van der Waals surface area contributed by atoms with E-state index in [2.05, 4.69) is 15.6 Å². The number of ether oxygens (including phenoxy) is 2. The zero-order chi connectivity index (χ0) is 21.5. The summed E-state index contributed by atoms with van der Waals surface area (Å²) in [6.45, 7) is 0.462. The monoisotopic (exact) mass is 412 g/mol. The molecule has 0 spiro atoms. The highest BCUT2D eigenvalue weighted by Gasteiger charge is 2.38. The molecule has 2 N–H and O–H groups in total. The van der Waals surface area contributed by atoms with Gasteiger partial charge in [0.15, 0.2) is 11.5 Å². The maximum absolute atomic E-state index is 12.6. The molecule has 1 aromatic carbocycles. The van der Waals surface area contributed by atoms with Crippen LogP contribution in [0.2, 0.25) is 0 Å². The predicted octanol–water partition coefficient (Wildman–Crippen LogP) is 1.27. The number of nitrogens with one attached hydrogen (secondary N) is 2. The third-order valence-electron chi connectivity index (χ3n) is 4.76. The lowest BCUT2D eigenvalue weighted by atomic mass is 10.1. The molecule has 0 saturated carbocycles. The van der Waals surface area contributed by atoms with Crippen LogP contribution in [0.3, 0.4) is 0 Å². The number of benzene rings is 1. The fraction of sp³-hybridized carbons (Fsp3) is 0.333. The van der Waals surface area contributed by atoms with Gasteiger partial charge >= 0.3 is 6.03 Å². The molecule has 2 aromatic rings. The van der Waals surface area contributed by atoms with E-state index in [0.717, 1.165) is 10.5 Å². The fourth-order valence-electron chi connectivity index (χ4n) is 3.15. The van der Waals surface area contributed by atoms with Crippen LogP contribution < -0.4 is 20.1 Å². The van der Waals surface area contributed by atoms with E-state index in [1.54, 1.807) is 44.7 Å². The van der Waals surface area contributed by atoms with Crippen molar-refractivity contribution in [3.8, 4) is 11.5 Å². The zero-order valence-electron chi connectivity index (χ0n) is 16.9. The number of carbonyl (C=O) groups is 3. The molecule has 1 saturated heterocycles. The molecule has 3 rings (SSSR count). The standard InChI is InChI=1S/C21H24N4O5/c1-29-17-7-6-14(11-18(17)30-2)8-10-25-20(27)16(24-21(25)28)12-19(26)23-13-15-5-3-4-9-22-15/h3-7,9,11,16H,8,10,12-13H2,1-2H3,(H,23,26)(H,24,28)/t16-/m0/s1. The minimum absolute atomic E-state index is 0.121. The number of carbonyl (C=O) groups excluding carboxylic acids is 3. The molecule has 1 aliphatic rings. The molecule has 0 unspecified atom stereocenters. The Balaban J connectivity index is 1.52. The van der Waals surface area contributed by atoms with Gasteiger partial charge in [-0.05, 0) is 36.2 Å². The summed E-state index contributed by atoms with van der Waals surface area (Å²) in [5.74, 6) is 0.442. The normalized spacial score (nSPS) is 15.7. The van der Waals surface area contributed by atoms with Gasteiger partial charge in [-0.15, -0.1) is 0 Å². The summed E-state index contributed by atoms with van der Waals surface area (Å²) in [6, 6.07) is 9.46. The molecule has 2 heterocycles. The fourth-order valence-corrected chi connectivity index (χ4v) is 3.15. The Labute approximate surface area is 174 Å². The lowest BCUT2D eigenvalue weighted by Crippen LogP contribution is -2.36. The van der Waals surface area contributed by atoms with Crippen LogP contribution in [-0.2, 0) is 22.6 Å². The van der Waals surface area contributed by atoms with Gasteiger partial charge in [-0.25, -0.2) is 4.79 Å². The van der Waals surface area contributed by atoms with Crippen molar-refractivity contribution in [1.82, 2.24) is 20.5 Å². The third kappa shape index (κ3) is 5.05. The highest BCUT2D eigenvalue weighted by molar-refractivity contribution is 6.05. The number of aromatic nitrogens is 1. The smallest absolute Gasteiger partial charge is 0.324 e. The average molecular weight is 412 g/mol. The van der Waals surface area contributed by atoms with Crippen molar-refractivity contribution in [2.75, 3.05) is 20.8 Å². The molecule has 0 radical (unpaired) electrons. The molecule has 158 valence electrons. The van der Waals surface area contributed by atoms with E-state index >= 15 is 0 Å². The van der Waals surface area contributed by atoms with Gasteiger partial charge in [0.2, 0.25) is 5.91 Å². The molecule has 9 heteroatoms. The van der Waals surface area contributed by atoms with Crippen LogP contribution in [0.25, 0.3) is 0 Å². The first kappa shape index (κ1) is 21.1. The van der Waals surface area contributed by atoms with E-state index < -0.39 is 18.0 Å². The Morgan fingerprint density at radius 1 is 1.17 bits per heavy atom. The zero-order valence-corrected chi connectivity index (χ0v) is 16.9. The van der Waals surface area contributed by atoms with Crippen molar-refractivity contribution in [2.24, 2.45) is 0 Å². The molecule has 1 atom stereocenters. The molecule has 0 bridgehead atoms. The summed E-state index contributed by atoms with van der Waals surface area (Å²) >= 11 is 0. The third-order valence-corrected chi connectivity index (χ3v) is 4.76. The average Bonchev–Trinajstić information content (AvgIpc) is 3.03. The second kappa shape index (κ2) is 9.73. The van der Waals surface area contributed by atoms with Gasteiger partial charge in [-0.2, -0.15) is 0 Å². The van der Waals surface area contributed by atoms with Crippen molar-refractivity contribution in [2.45, 2.75) is 25.4 Å². The lowest BCUT2D eigenvalue weighted by molar-refractivity contribution is -0.130. The SMILES string of the molecule is COc1ccc(CCN2C(=O)N[C@@H](CC(=O)NCc3ccccn3)C2=O)cc1OC. The van der Waals surface area contributed by atoms with Crippen LogP contribution in [0.1, 0.15) is 17.7 Å². The van der Waals surface area contributed by atoms with Crippen molar-refractivity contribution < 1.29 is 23.9 Å². The lowest BCUT2D eigenvalue weighted by Gasteiger charge is -2.14. The van der Waals surface area contributed by atoms with Gasteiger partial charge in [0.05, 0.1) is 32.9 Å². The molecular weight excluding hydrogens is 388 g/mol. The Morgan fingerprint density at radius 3 is 2.67 bits per heavy atom. The number of hydrogen-bond donors (Lipinski definition) is 2. The highest BCUT2D eigenvalue weighted by Crippen LogP contribution is 2.27. The molecule has 9 nitrogen and oxygen atoms in total. The molecule has 0 aliphatic carbocycles. The van der Waals surface area contributed by atoms with Crippen LogP contribution in [0.15, 0.2) is 42.6 Å². The number of rotatable bonds is 9. The van der Waals surface area contributed by atoms with E-state index in [4.69, 9.17) is 9.47 Å². The number of pyridine rings is 1. The van der Waals surface area contributed by atoms with E-state index in [-0.39, 0.29) is 25.4 Å². The minimum Gasteiger partial charge on any atom is -0.493 e. The quantitative estimate of drug-likeness (QED) is 0.600. The first-order chi connectivity index (χ1) is 14.5. The minimum atomic E-state index is -0.869. The summed E-state index contributed by atoms with van der Waals surface area (Å²) in [5, 5.41) is 5.28. The summed E-state index contributed by atoms with van der Waals surface area (Å²) in [6.07, 6.45) is 1.97. The van der Waals surface area contributed by atoms with E-state index in [1.807, 2.05) is 12.1 Å². The Hall–Kier alpha value is -3.62. The molecular formula is C21H24N4O5. The van der Waals surface area contributed by atoms with Crippen LogP contribution in [0, 0.1) is 0 Å². The van der Waals surface area contributed by atoms with Crippen molar-refractivity contribution in [3.05, 3.63) is 53.9 Å². The topological polar surface area (TPSA) is 110 Å². The number of hydrogen-bond acceptors (Lipinski definition) is 6. The second-order valence-electron chi connectivity index (χ2n) is 6.73. The maximum atomic E-state index is 12.6. The van der Waals surface area contributed by atoms with Crippen LogP contribution in [-0.4, -0.2) is 54.5 Å². The first-order valence-corrected chi connectivity index (χ1v) is 9.51. The number of nitrogens with zero attached hydrogens (tertiary/aromatic N) is 2. The second-order valence-corrected chi connectivity index (χ2v) is 6.73. The Bertz CT molecular complexity index is 919. The van der Waals surface area contributed by atoms with Crippen LogP contribution in [0.4, 0.5) is 4.79 Å². The largest absolute Gasteiger partial charge is 0.493 e. The van der Waals surface area contributed by atoms with E-state index in [0.29, 0.717) is 23.6 Å². The number of amides is 4. The van der Waals surface area contributed by atoms with Crippen molar-refractivity contribution in [1.29, 1.82) is 0 Å². The van der Waals surface area contributed by atoms with E-state index in [9.17, 15) is 14.4 Å². The van der Waals surface area contributed by atoms with Crippen LogP contribution >= 0.6 is 0 Å². The van der Waals surface area contributed by atoms with Gasteiger partial charge in [0.25, 0.3) is 5.91 Å². The Kier molecular flexibility index (Phi) is 6.84. The predicted molar refractivity (Wildman–Crippen MR) is 108 cm³/mol. The van der Waals surface area contributed by atoms with Gasteiger partial charge in [0.1, 0.15) is 6.04 Å². The molecule has 1 fully saturated rings.